The van der Waals surface area contributed by atoms with E-state index >= 15 is 0 Å². The first-order chi connectivity index (χ1) is 8.72. The zero-order chi connectivity index (χ0) is 13.0. The number of nitrogens with zero attached hydrogens (tertiary/aromatic N) is 1. The summed E-state index contributed by atoms with van der Waals surface area (Å²) in [5.41, 5.74) is 6.44. The Bertz CT molecular complexity index is 426. The van der Waals surface area contributed by atoms with E-state index in [1.165, 1.54) is 6.42 Å². The number of amides is 1. The summed E-state index contributed by atoms with van der Waals surface area (Å²) >= 11 is 2.24. The predicted octanol–water partition coefficient (Wildman–Crippen LogP) is 3.06. The highest BCUT2D eigenvalue weighted by Crippen LogP contribution is 2.22. The maximum atomic E-state index is 12.5. The van der Waals surface area contributed by atoms with E-state index in [4.69, 9.17) is 5.73 Å². The smallest absolute Gasteiger partial charge is 0.254 e. The van der Waals surface area contributed by atoms with Gasteiger partial charge in [0.15, 0.2) is 0 Å². The lowest BCUT2D eigenvalue weighted by atomic mass is 9.98. The van der Waals surface area contributed by atoms with Gasteiger partial charge >= 0.3 is 0 Å². The van der Waals surface area contributed by atoms with Crippen molar-refractivity contribution in [3.05, 3.63) is 33.4 Å². The molecular weight excluding hydrogens is 375 g/mol. The van der Waals surface area contributed by atoms with Crippen LogP contribution in [0, 0.1) is 3.57 Å². The molecule has 0 bridgehead atoms. The minimum Gasteiger partial charge on any atom is -0.336 e. The molecule has 0 radical (unpaired) electrons. The highest BCUT2D eigenvalue weighted by Gasteiger charge is 2.26. The third-order valence-electron chi connectivity index (χ3n) is 3.46. The molecule has 1 aromatic carbocycles. The van der Waals surface area contributed by atoms with E-state index in [0.717, 1.165) is 34.9 Å². The molecule has 1 atom stereocenters. The Hall–Kier alpha value is -0.330. The van der Waals surface area contributed by atoms with Gasteiger partial charge in [0.2, 0.25) is 0 Å². The molecular formula is C14H20ClIN2O. The summed E-state index contributed by atoms with van der Waals surface area (Å²) in [5.74, 6) is 0.159. The Morgan fingerprint density at radius 1 is 1.42 bits per heavy atom. The Balaban J connectivity index is 0.00000180. The van der Waals surface area contributed by atoms with Crippen molar-refractivity contribution in [2.45, 2.75) is 31.7 Å². The number of carbonyl (C=O) groups excluding carboxylic acids is 1. The highest BCUT2D eigenvalue weighted by atomic mass is 127. The lowest BCUT2D eigenvalue weighted by molar-refractivity contribution is 0.0605. The average Bonchev–Trinajstić information content (AvgIpc) is 2.39. The van der Waals surface area contributed by atoms with Gasteiger partial charge in [-0.25, -0.2) is 0 Å². The standard InChI is InChI=1S/C14H19IN2O.ClH/c15-12-5-3-4-11(10-12)14(18)17-9-2-1-6-13(17)7-8-16;/h3-5,10,13H,1-2,6-9,16H2;1H. The first-order valence-electron chi connectivity index (χ1n) is 6.49. The zero-order valence-corrected chi connectivity index (χ0v) is 13.8. The highest BCUT2D eigenvalue weighted by molar-refractivity contribution is 14.1. The predicted molar refractivity (Wildman–Crippen MR) is 88.8 cm³/mol. The second kappa shape index (κ2) is 8.07. The molecule has 1 saturated heterocycles. The van der Waals surface area contributed by atoms with Crippen molar-refractivity contribution < 1.29 is 4.79 Å². The van der Waals surface area contributed by atoms with Gasteiger partial charge in [-0.3, -0.25) is 4.79 Å². The molecule has 1 fully saturated rings. The van der Waals surface area contributed by atoms with Crippen molar-refractivity contribution in [3.8, 4) is 0 Å². The number of likely N-dealkylation sites (tertiary alicyclic amines) is 1. The van der Waals surface area contributed by atoms with Gasteiger partial charge in [-0.2, -0.15) is 0 Å². The lowest BCUT2D eigenvalue weighted by Crippen LogP contribution is -2.44. The topological polar surface area (TPSA) is 46.3 Å². The second-order valence-corrected chi connectivity index (χ2v) is 5.98. The van der Waals surface area contributed by atoms with Crippen LogP contribution in [0.25, 0.3) is 0 Å². The number of hydrogen-bond acceptors (Lipinski definition) is 2. The van der Waals surface area contributed by atoms with Gasteiger partial charge in [0.1, 0.15) is 0 Å². The molecule has 0 aliphatic carbocycles. The summed E-state index contributed by atoms with van der Waals surface area (Å²) in [5, 5.41) is 0. The minimum atomic E-state index is 0. The van der Waals surface area contributed by atoms with Crippen molar-refractivity contribution in [1.82, 2.24) is 4.90 Å². The van der Waals surface area contributed by atoms with Crippen molar-refractivity contribution in [1.29, 1.82) is 0 Å². The molecule has 0 aromatic heterocycles. The quantitative estimate of drug-likeness (QED) is 0.801. The van der Waals surface area contributed by atoms with Crippen LogP contribution >= 0.6 is 35.0 Å². The fourth-order valence-corrected chi connectivity index (χ4v) is 3.09. The summed E-state index contributed by atoms with van der Waals surface area (Å²) in [6.07, 6.45) is 4.32. The Morgan fingerprint density at radius 2 is 2.21 bits per heavy atom. The first-order valence-corrected chi connectivity index (χ1v) is 7.57. The molecule has 5 heteroatoms. The van der Waals surface area contributed by atoms with Crippen LogP contribution in [0.1, 0.15) is 36.0 Å². The fourth-order valence-electron chi connectivity index (χ4n) is 2.55. The van der Waals surface area contributed by atoms with Crippen molar-refractivity contribution >= 4 is 40.9 Å². The third-order valence-corrected chi connectivity index (χ3v) is 4.13. The Labute approximate surface area is 134 Å². The van der Waals surface area contributed by atoms with Crippen molar-refractivity contribution in [2.24, 2.45) is 5.73 Å². The van der Waals surface area contributed by atoms with Crippen LogP contribution in [-0.4, -0.2) is 29.9 Å². The van der Waals surface area contributed by atoms with Crippen LogP contribution in [0.2, 0.25) is 0 Å². The number of nitrogens with two attached hydrogens (primary N) is 1. The van der Waals surface area contributed by atoms with E-state index in [0.29, 0.717) is 12.6 Å². The number of carbonyl (C=O) groups is 1. The normalized spacial score (nSPS) is 18.8. The summed E-state index contributed by atoms with van der Waals surface area (Å²) in [7, 11) is 0. The minimum absolute atomic E-state index is 0. The first kappa shape index (κ1) is 16.7. The molecule has 2 N–H and O–H groups in total. The van der Waals surface area contributed by atoms with E-state index in [2.05, 4.69) is 22.6 Å². The van der Waals surface area contributed by atoms with Gasteiger partial charge in [-0.15, -0.1) is 12.4 Å². The van der Waals surface area contributed by atoms with Crippen LogP contribution in [0.5, 0.6) is 0 Å². The third kappa shape index (κ3) is 4.33. The second-order valence-electron chi connectivity index (χ2n) is 4.74. The van der Waals surface area contributed by atoms with Crippen LogP contribution < -0.4 is 5.73 Å². The number of rotatable bonds is 3. The van der Waals surface area contributed by atoms with E-state index in [1.54, 1.807) is 0 Å². The molecule has 19 heavy (non-hydrogen) atoms. The number of halogens is 2. The summed E-state index contributed by atoms with van der Waals surface area (Å²) < 4.78 is 1.10. The van der Waals surface area contributed by atoms with Gasteiger partial charge in [0, 0.05) is 21.7 Å². The van der Waals surface area contributed by atoms with Gasteiger partial charge in [0.25, 0.3) is 5.91 Å². The monoisotopic (exact) mass is 394 g/mol. The van der Waals surface area contributed by atoms with Crippen molar-refractivity contribution in [3.63, 3.8) is 0 Å². The molecule has 2 rings (SSSR count). The van der Waals surface area contributed by atoms with E-state index in [-0.39, 0.29) is 18.3 Å². The molecule has 106 valence electrons. The van der Waals surface area contributed by atoms with Crippen LogP contribution in [0.4, 0.5) is 0 Å². The molecule has 1 aliphatic rings. The summed E-state index contributed by atoms with van der Waals surface area (Å²) in [6, 6.07) is 8.13. The van der Waals surface area contributed by atoms with Gasteiger partial charge < -0.3 is 10.6 Å². The fraction of sp³-hybridized carbons (Fsp3) is 0.500. The maximum absolute atomic E-state index is 12.5. The lowest BCUT2D eigenvalue weighted by Gasteiger charge is -2.35. The molecule has 1 amide bonds. The summed E-state index contributed by atoms with van der Waals surface area (Å²) in [4.78, 5) is 14.5. The van der Waals surface area contributed by atoms with Crippen molar-refractivity contribution in [2.75, 3.05) is 13.1 Å². The van der Waals surface area contributed by atoms with Gasteiger partial charge in [0.05, 0.1) is 0 Å². The zero-order valence-electron chi connectivity index (χ0n) is 10.8. The largest absolute Gasteiger partial charge is 0.336 e. The van der Waals surface area contributed by atoms with Gasteiger partial charge in [-0.05, 0) is 73.0 Å². The van der Waals surface area contributed by atoms with E-state index < -0.39 is 0 Å². The van der Waals surface area contributed by atoms with Crippen LogP contribution in [-0.2, 0) is 0 Å². The van der Waals surface area contributed by atoms with E-state index in [1.807, 2.05) is 29.2 Å². The number of piperidine rings is 1. The molecule has 1 aliphatic heterocycles. The molecule has 1 unspecified atom stereocenters. The molecule has 0 spiro atoms. The number of benzene rings is 1. The number of hydrogen-bond donors (Lipinski definition) is 1. The van der Waals surface area contributed by atoms with Crippen LogP contribution in [0.15, 0.2) is 24.3 Å². The Kier molecular flexibility index (Phi) is 7.10. The maximum Gasteiger partial charge on any atom is 0.254 e. The Morgan fingerprint density at radius 3 is 2.89 bits per heavy atom. The van der Waals surface area contributed by atoms with E-state index in [9.17, 15) is 4.79 Å². The molecule has 0 saturated carbocycles. The average molecular weight is 395 g/mol. The molecule has 1 heterocycles. The SMILES string of the molecule is Cl.NCCC1CCCCN1C(=O)c1cccc(I)c1. The van der Waals surface area contributed by atoms with Gasteiger partial charge in [-0.1, -0.05) is 6.07 Å². The summed E-state index contributed by atoms with van der Waals surface area (Å²) in [6.45, 7) is 1.52. The molecule has 3 nitrogen and oxygen atoms in total. The van der Waals surface area contributed by atoms with Crippen LogP contribution in [0.3, 0.4) is 0 Å². The molecule has 1 aromatic rings.